The Balaban J connectivity index is 1.52. The molecule has 6 aromatic rings. The van der Waals surface area contributed by atoms with Gasteiger partial charge in [-0.15, -0.1) is 0 Å². The summed E-state index contributed by atoms with van der Waals surface area (Å²) >= 11 is 0. The Kier molecular flexibility index (Phi) is 6.06. The summed E-state index contributed by atoms with van der Waals surface area (Å²) in [6.07, 6.45) is 5.23. The number of nitrogens with two attached hydrogens (primary N) is 1. The van der Waals surface area contributed by atoms with Gasteiger partial charge < -0.3 is 10.7 Å². The number of carbonyl (C=O) groups excluding carboxylic acids is 1. The third-order valence-corrected chi connectivity index (χ3v) is 7.13. The maximum Gasteiger partial charge on any atom is 0.265 e. The predicted molar refractivity (Wildman–Crippen MR) is 154 cm³/mol. The molecule has 0 radical (unpaired) electrons. The molecule has 0 spiro atoms. The summed E-state index contributed by atoms with van der Waals surface area (Å²) in [5.41, 5.74) is 11.7. The lowest BCUT2D eigenvalue weighted by atomic mass is 9.94. The van der Waals surface area contributed by atoms with Crippen LogP contribution in [0.25, 0.3) is 49.9 Å². The minimum atomic E-state index is -0.535. The highest BCUT2D eigenvalue weighted by Crippen LogP contribution is 2.37. The standard InChI is InChI=1S/C31H27FN6O2/c1-17(2)14-37-15-19(13-35-37)27-12-24-22(8-9-23(30(33)39)29(24)36-27)21-5-4-6-28(18(21)3)38-16-34-26-10-7-20(32)11-25(26)31(38)40/h4-13,15-17,36H,14H2,1-3H3,(H2,33,39). The van der Waals surface area contributed by atoms with Crippen LogP contribution in [0.3, 0.4) is 0 Å². The van der Waals surface area contributed by atoms with Crippen molar-refractivity contribution in [1.29, 1.82) is 0 Å². The number of nitrogens with zero attached hydrogens (tertiary/aromatic N) is 4. The second kappa shape index (κ2) is 9.60. The molecular formula is C31H27FN6O2. The van der Waals surface area contributed by atoms with Gasteiger partial charge in [-0.2, -0.15) is 5.10 Å². The van der Waals surface area contributed by atoms with Crippen LogP contribution in [0.15, 0.2) is 78.1 Å². The van der Waals surface area contributed by atoms with E-state index in [1.807, 2.05) is 48.1 Å². The molecule has 8 nitrogen and oxygen atoms in total. The molecule has 0 aliphatic carbocycles. The van der Waals surface area contributed by atoms with Crippen molar-refractivity contribution >= 4 is 27.7 Å². The molecule has 9 heteroatoms. The van der Waals surface area contributed by atoms with Crippen LogP contribution in [-0.2, 0) is 6.54 Å². The first-order valence-corrected chi connectivity index (χ1v) is 13.0. The molecule has 0 bridgehead atoms. The number of fused-ring (bicyclic) bond motifs is 2. The van der Waals surface area contributed by atoms with Gasteiger partial charge in [0.2, 0.25) is 0 Å². The fourth-order valence-electron chi connectivity index (χ4n) is 5.23. The minimum Gasteiger partial charge on any atom is -0.366 e. The number of H-pyrrole nitrogens is 1. The number of halogens is 1. The van der Waals surface area contributed by atoms with Gasteiger partial charge in [0, 0.05) is 29.4 Å². The Morgan fingerprint density at radius 2 is 1.90 bits per heavy atom. The van der Waals surface area contributed by atoms with Crippen molar-refractivity contribution in [3.63, 3.8) is 0 Å². The maximum atomic E-state index is 13.9. The molecule has 0 aliphatic heterocycles. The van der Waals surface area contributed by atoms with Crippen molar-refractivity contribution in [3.05, 3.63) is 101 Å². The van der Waals surface area contributed by atoms with E-state index >= 15 is 0 Å². The van der Waals surface area contributed by atoms with Crippen molar-refractivity contribution in [2.24, 2.45) is 11.7 Å². The number of aromatic amines is 1. The van der Waals surface area contributed by atoms with Gasteiger partial charge in [-0.1, -0.05) is 32.0 Å². The molecule has 0 fully saturated rings. The van der Waals surface area contributed by atoms with Crippen molar-refractivity contribution < 1.29 is 9.18 Å². The Labute approximate surface area is 228 Å². The largest absolute Gasteiger partial charge is 0.366 e. The molecule has 3 N–H and O–H groups in total. The average Bonchev–Trinajstić information content (AvgIpc) is 3.56. The van der Waals surface area contributed by atoms with Crippen LogP contribution in [0, 0.1) is 18.7 Å². The molecule has 0 saturated carbocycles. The first-order valence-electron chi connectivity index (χ1n) is 13.0. The molecule has 3 aromatic carbocycles. The third-order valence-electron chi connectivity index (χ3n) is 7.13. The number of hydrogen-bond donors (Lipinski definition) is 2. The van der Waals surface area contributed by atoms with E-state index in [9.17, 15) is 14.0 Å². The zero-order valence-electron chi connectivity index (χ0n) is 22.3. The number of carbonyl (C=O) groups is 1. The van der Waals surface area contributed by atoms with Gasteiger partial charge in [-0.25, -0.2) is 9.37 Å². The van der Waals surface area contributed by atoms with Crippen LogP contribution in [-0.4, -0.2) is 30.2 Å². The third kappa shape index (κ3) is 4.25. The van der Waals surface area contributed by atoms with Gasteiger partial charge in [-0.3, -0.25) is 18.8 Å². The van der Waals surface area contributed by atoms with Gasteiger partial charge >= 0.3 is 0 Å². The van der Waals surface area contributed by atoms with Crippen LogP contribution in [0.5, 0.6) is 0 Å². The Bertz CT molecular complexity index is 2000. The molecule has 0 saturated heterocycles. The molecule has 3 aromatic heterocycles. The van der Waals surface area contributed by atoms with Gasteiger partial charge in [-0.05, 0) is 65.9 Å². The van der Waals surface area contributed by atoms with Gasteiger partial charge in [0.15, 0.2) is 0 Å². The summed E-state index contributed by atoms with van der Waals surface area (Å²) in [5, 5.41) is 5.50. The number of rotatable bonds is 6. The fraction of sp³-hybridized carbons (Fsp3) is 0.161. The summed E-state index contributed by atoms with van der Waals surface area (Å²) in [6, 6.07) is 15.2. The average molecular weight is 535 g/mol. The summed E-state index contributed by atoms with van der Waals surface area (Å²) in [5.74, 6) is -0.584. The normalized spacial score (nSPS) is 11.6. The van der Waals surface area contributed by atoms with Gasteiger partial charge in [0.25, 0.3) is 11.5 Å². The molecule has 0 unspecified atom stereocenters. The van der Waals surface area contributed by atoms with E-state index in [1.54, 1.807) is 12.3 Å². The number of primary amides is 1. The lowest BCUT2D eigenvalue weighted by Crippen LogP contribution is -2.20. The second-order valence-corrected chi connectivity index (χ2v) is 10.4. The van der Waals surface area contributed by atoms with Crippen molar-refractivity contribution in [2.45, 2.75) is 27.3 Å². The lowest BCUT2D eigenvalue weighted by Gasteiger charge is -2.15. The van der Waals surface area contributed by atoms with E-state index in [1.165, 1.54) is 29.1 Å². The number of amides is 1. The lowest BCUT2D eigenvalue weighted by molar-refractivity contribution is 0.100. The summed E-state index contributed by atoms with van der Waals surface area (Å²) in [7, 11) is 0. The molecule has 0 aliphatic rings. The highest BCUT2D eigenvalue weighted by molar-refractivity contribution is 6.10. The smallest absolute Gasteiger partial charge is 0.265 e. The number of hydrogen-bond acceptors (Lipinski definition) is 4. The molecule has 40 heavy (non-hydrogen) atoms. The van der Waals surface area contributed by atoms with Crippen LogP contribution in [0.1, 0.15) is 29.8 Å². The van der Waals surface area contributed by atoms with Crippen LogP contribution in [0.2, 0.25) is 0 Å². The topological polar surface area (TPSA) is 112 Å². The Morgan fingerprint density at radius 1 is 1.07 bits per heavy atom. The first-order chi connectivity index (χ1) is 19.2. The maximum absolute atomic E-state index is 13.9. The zero-order chi connectivity index (χ0) is 28.1. The monoisotopic (exact) mass is 534 g/mol. The van der Waals surface area contributed by atoms with E-state index in [4.69, 9.17) is 5.73 Å². The van der Waals surface area contributed by atoms with E-state index < -0.39 is 11.7 Å². The summed E-state index contributed by atoms with van der Waals surface area (Å²) in [6.45, 7) is 6.98. The molecule has 0 atom stereocenters. The van der Waals surface area contributed by atoms with E-state index in [2.05, 4.69) is 28.9 Å². The Hall–Kier alpha value is -5.05. The van der Waals surface area contributed by atoms with Crippen LogP contribution < -0.4 is 11.3 Å². The SMILES string of the molecule is Cc1c(-c2ccc(C(N)=O)c3[nH]c(-c4cnn(CC(C)C)c4)cc23)cccc1-n1cnc2ccc(F)cc2c1=O. The molecule has 1 amide bonds. The quantitative estimate of drug-likeness (QED) is 0.290. The first kappa shape index (κ1) is 25.2. The summed E-state index contributed by atoms with van der Waals surface area (Å²) in [4.78, 5) is 33.4. The Morgan fingerprint density at radius 3 is 2.67 bits per heavy atom. The number of nitrogens with one attached hydrogen (secondary N) is 1. The van der Waals surface area contributed by atoms with Crippen LogP contribution in [0.4, 0.5) is 4.39 Å². The molecule has 6 rings (SSSR count). The second-order valence-electron chi connectivity index (χ2n) is 10.4. The van der Waals surface area contributed by atoms with E-state index in [0.717, 1.165) is 39.9 Å². The van der Waals surface area contributed by atoms with Crippen molar-refractivity contribution in [2.75, 3.05) is 0 Å². The van der Waals surface area contributed by atoms with Crippen molar-refractivity contribution in [1.82, 2.24) is 24.3 Å². The van der Waals surface area contributed by atoms with E-state index in [0.29, 0.717) is 28.2 Å². The highest BCUT2D eigenvalue weighted by atomic mass is 19.1. The number of aromatic nitrogens is 5. The van der Waals surface area contributed by atoms with Crippen LogP contribution >= 0.6 is 0 Å². The predicted octanol–water partition coefficient (Wildman–Crippen LogP) is 5.60. The van der Waals surface area contributed by atoms with Crippen molar-refractivity contribution in [3.8, 4) is 28.1 Å². The van der Waals surface area contributed by atoms with Gasteiger partial charge in [0.05, 0.1) is 33.9 Å². The summed E-state index contributed by atoms with van der Waals surface area (Å²) < 4.78 is 17.2. The van der Waals surface area contributed by atoms with E-state index in [-0.39, 0.29) is 10.9 Å². The highest BCUT2D eigenvalue weighted by Gasteiger charge is 2.19. The molecular weight excluding hydrogens is 507 g/mol. The fourth-order valence-corrected chi connectivity index (χ4v) is 5.23. The van der Waals surface area contributed by atoms with Gasteiger partial charge in [0.1, 0.15) is 12.1 Å². The molecule has 3 heterocycles. The zero-order valence-corrected chi connectivity index (χ0v) is 22.3. The molecule has 200 valence electrons. The minimum absolute atomic E-state index is 0.203. The number of benzene rings is 3.